The zero-order valence-corrected chi connectivity index (χ0v) is 30.4. The van der Waals surface area contributed by atoms with E-state index in [4.69, 9.17) is 39.9 Å². The van der Waals surface area contributed by atoms with Crippen LogP contribution in [0.1, 0.15) is 36.1 Å². The van der Waals surface area contributed by atoms with Crippen LogP contribution >= 0.6 is 0 Å². The molecule has 54 heavy (non-hydrogen) atoms. The summed E-state index contributed by atoms with van der Waals surface area (Å²) in [6, 6.07) is 12.7. The first kappa shape index (κ1) is 41.8. The molecule has 0 radical (unpaired) electrons. The normalized spacial score (nSPS) is 13.0. The van der Waals surface area contributed by atoms with E-state index in [-0.39, 0.29) is 46.6 Å². The molecule has 0 spiro atoms. The van der Waals surface area contributed by atoms with Crippen LogP contribution in [0.2, 0.25) is 0 Å². The highest BCUT2D eigenvalue weighted by molar-refractivity contribution is 5.70. The van der Waals surface area contributed by atoms with Crippen molar-refractivity contribution in [3.63, 3.8) is 0 Å². The van der Waals surface area contributed by atoms with Crippen molar-refractivity contribution in [2.75, 3.05) is 61.8 Å². The number of hydrogen-bond donors (Lipinski definition) is 2. The van der Waals surface area contributed by atoms with Crippen LogP contribution < -0.4 is 39.9 Å². The maximum atomic E-state index is 12.8. The molecule has 0 amide bonds. The van der Waals surface area contributed by atoms with E-state index >= 15 is 0 Å². The molecule has 0 bridgehead atoms. The van der Waals surface area contributed by atoms with E-state index in [0.717, 1.165) is 11.1 Å². The number of methoxy groups -OCH3 is 4. The average molecular weight is 768 g/mol. The third-order valence-corrected chi connectivity index (χ3v) is 8.35. The summed E-state index contributed by atoms with van der Waals surface area (Å²) in [5, 5.41) is 0. The van der Waals surface area contributed by atoms with E-state index in [1.165, 1.54) is 52.7 Å². The second-order valence-electron chi connectivity index (χ2n) is 12.3. The van der Waals surface area contributed by atoms with Gasteiger partial charge in [0.15, 0.2) is 36.2 Å². The minimum absolute atomic E-state index is 0.0687. The Balaban J connectivity index is 1.31. The van der Waals surface area contributed by atoms with Crippen molar-refractivity contribution in [1.82, 2.24) is 14.9 Å². The van der Waals surface area contributed by atoms with E-state index in [1.54, 1.807) is 24.5 Å². The molecule has 4 aromatic rings. The number of benzene rings is 2. The summed E-state index contributed by atoms with van der Waals surface area (Å²) in [5.41, 5.74) is 16.7. The molecular weight excluding hydrogens is 724 g/mol. The van der Waals surface area contributed by atoms with Crippen molar-refractivity contribution in [1.29, 1.82) is 0 Å². The number of pyridine rings is 2. The first-order valence-electron chi connectivity index (χ1n) is 16.6. The summed E-state index contributed by atoms with van der Waals surface area (Å²) in [6.45, 7) is -1.65. The van der Waals surface area contributed by atoms with Gasteiger partial charge in [0, 0.05) is 35.6 Å². The highest BCUT2D eigenvalue weighted by Gasteiger charge is 2.31. The minimum atomic E-state index is -4.53. The summed E-state index contributed by atoms with van der Waals surface area (Å²) in [5.74, 6) is -0.0490. The average Bonchev–Trinajstić information content (AvgIpc) is 3.16. The summed E-state index contributed by atoms with van der Waals surface area (Å²) in [7, 11) is 7.25. The fourth-order valence-electron chi connectivity index (χ4n) is 5.40. The van der Waals surface area contributed by atoms with Crippen LogP contribution in [0, 0.1) is 0 Å². The number of halogens is 6. The van der Waals surface area contributed by atoms with Gasteiger partial charge in [-0.25, -0.2) is 0 Å². The molecular formula is C37H43F6N5O6. The Morgan fingerprint density at radius 1 is 0.593 bits per heavy atom. The summed E-state index contributed by atoms with van der Waals surface area (Å²) >= 11 is 0. The molecule has 2 aromatic carbocycles. The summed E-state index contributed by atoms with van der Waals surface area (Å²) in [6.07, 6.45) is -4.50. The minimum Gasteiger partial charge on any atom is -0.493 e. The Labute approximate surface area is 309 Å². The van der Waals surface area contributed by atoms with Gasteiger partial charge in [0.05, 0.1) is 39.8 Å². The van der Waals surface area contributed by atoms with Crippen LogP contribution in [0.4, 0.5) is 26.3 Å². The zero-order chi connectivity index (χ0) is 39.6. The van der Waals surface area contributed by atoms with Gasteiger partial charge in [-0.2, -0.15) is 26.3 Å². The largest absolute Gasteiger partial charge is 0.493 e. The molecule has 0 aliphatic carbocycles. The molecule has 2 atom stereocenters. The van der Waals surface area contributed by atoms with Gasteiger partial charge in [0.25, 0.3) is 0 Å². The lowest BCUT2D eigenvalue weighted by Crippen LogP contribution is -2.27. The number of ether oxygens (including phenoxy) is 6. The fourth-order valence-corrected chi connectivity index (χ4v) is 5.40. The second-order valence-corrected chi connectivity index (χ2v) is 12.3. The third kappa shape index (κ3) is 11.5. The summed E-state index contributed by atoms with van der Waals surface area (Å²) in [4.78, 5) is 11.1. The lowest BCUT2D eigenvalue weighted by molar-refractivity contribution is -0.154. The molecule has 0 fully saturated rings. The standard InChI is InChI=1S/C37H43F6N5O6/c1-48(12-10-26(44)22-6-8-28(46-18-22)24-14-30(49-2)34(31(15-24)50-3)53-20-36(38,39)40)13-11-27(45)23-7-9-29(47-19-23)25-16-32(51-4)35(33(17-25)52-5)54-21-37(41,42)43/h6-9,14-19,26-27H,10-13,20-21,44-45H2,1-5H3. The van der Waals surface area contributed by atoms with Gasteiger partial charge < -0.3 is 44.8 Å². The lowest BCUT2D eigenvalue weighted by atomic mass is 10.0. The van der Waals surface area contributed by atoms with Crippen LogP contribution in [0.3, 0.4) is 0 Å². The van der Waals surface area contributed by atoms with E-state index in [1.807, 2.05) is 19.2 Å². The molecule has 294 valence electrons. The molecule has 0 saturated heterocycles. The van der Waals surface area contributed by atoms with Crippen LogP contribution in [0.25, 0.3) is 22.5 Å². The van der Waals surface area contributed by atoms with Gasteiger partial charge in [-0.15, -0.1) is 0 Å². The molecule has 2 heterocycles. The van der Waals surface area contributed by atoms with Gasteiger partial charge in [-0.05, 0) is 80.5 Å². The van der Waals surface area contributed by atoms with Gasteiger partial charge in [-0.1, -0.05) is 12.1 Å². The zero-order valence-electron chi connectivity index (χ0n) is 30.4. The smallest absolute Gasteiger partial charge is 0.422 e. The Morgan fingerprint density at radius 2 is 0.926 bits per heavy atom. The van der Waals surface area contributed by atoms with E-state index in [9.17, 15) is 26.3 Å². The molecule has 4 rings (SSSR count). The number of nitrogens with zero attached hydrogens (tertiary/aromatic N) is 3. The molecule has 0 aliphatic heterocycles. The first-order chi connectivity index (χ1) is 25.5. The van der Waals surface area contributed by atoms with Crippen molar-refractivity contribution in [3.8, 4) is 57.0 Å². The van der Waals surface area contributed by atoms with Crippen molar-refractivity contribution < 1.29 is 54.8 Å². The number of rotatable bonds is 18. The number of hydrogen-bond acceptors (Lipinski definition) is 11. The van der Waals surface area contributed by atoms with Crippen LogP contribution in [-0.4, -0.2) is 89.0 Å². The van der Waals surface area contributed by atoms with Gasteiger partial charge in [0.1, 0.15) is 0 Å². The summed E-state index contributed by atoms with van der Waals surface area (Å²) < 4.78 is 108. The fraction of sp³-hybridized carbons (Fsp3) is 0.405. The van der Waals surface area contributed by atoms with Crippen LogP contribution in [0.5, 0.6) is 34.5 Å². The van der Waals surface area contributed by atoms with Crippen molar-refractivity contribution in [3.05, 3.63) is 72.1 Å². The Hall–Kier alpha value is -5.00. The third-order valence-electron chi connectivity index (χ3n) is 8.35. The second kappa shape index (κ2) is 18.4. The van der Waals surface area contributed by atoms with Gasteiger partial charge in [0.2, 0.25) is 11.5 Å². The van der Waals surface area contributed by atoms with Gasteiger partial charge in [-0.3, -0.25) is 9.97 Å². The van der Waals surface area contributed by atoms with Crippen molar-refractivity contribution >= 4 is 0 Å². The van der Waals surface area contributed by atoms with Crippen LogP contribution in [-0.2, 0) is 0 Å². The topological polar surface area (TPSA) is 136 Å². The van der Waals surface area contributed by atoms with E-state index < -0.39 is 25.6 Å². The first-order valence-corrected chi connectivity index (χ1v) is 16.6. The molecule has 4 N–H and O–H groups in total. The molecule has 0 saturated carbocycles. The van der Waals surface area contributed by atoms with E-state index in [0.29, 0.717) is 48.4 Å². The Morgan fingerprint density at radius 3 is 1.19 bits per heavy atom. The Kier molecular flexibility index (Phi) is 14.2. The number of alkyl halides is 6. The Bertz CT molecular complexity index is 1630. The van der Waals surface area contributed by atoms with Crippen molar-refractivity contribution in [2.24, 2.45) is 11.5 Å². The van der Waals surface area contributed by atoms with Crippen LogP contribution in [0.15, 0.2) is 60.9 Å². The molecule has 0 aliphatic rings. The van der Waals surface area contributed by atoms with Gasteiger partial charge >= 0.3 is 12.4 Å². The lowest BCUT2D eigenvalue weighted by Gasteiger charge is -2.21. The van der Waals surface area contributed by atoms with E-state index in [2.05, 4.69) is 14.9 Å². The molecule has 2 aromatic heterocycles. The molecule has 2 unspecified atom stereocenters. The predicted molar refractivity (Wildman–Crippen MR) is 189 cm³/mol. The SMILES string of the molecule is COc1cc(-c2ccc(C(N)CCN(C)CCC(N)c3ccc(-c4cc(OC)c(OCC(F)(F)F)c(OC)c4)nc3)cn2)cc(OC)c1OCC(F)(F)F. The molecule has 11 nitrogen and oxygen atoms in total. The number of nitrogens with two attached hydrogens (primary N) is 2. The molecule has 17 heteroatoms. The maximum absolute atomic E-state index is 12.8. The highest BCUT2D eigenvalue weighted by Crippen LogP contribution is 2.43. The highest BCUT2D eigenvalue weighted by atomic mass is 19.4. The van der Waals surface area contributed by atoms with Crippen molar-refractivity contribution in [2.45, 2.75) is 37.3 Å². The number of aromatic nitrogens is 2. The predicted octanol–water partition coefficient (Wildman–Crippen LogP) is 7.14. The quantitative estimate of drug-likeness (QED) is 0.100. The maximum Gasteiger partial charge on any atom is 0.422 e. The monoisotopic (exact) mass is 767 g/mol.